The van der Waals surface area contributed by atoms with Gasteiger partial charge < -0.3 is 15.2 Å². The van der Waals surface area contributed by atoms with Gasteiger partial charge in [0.2, 0.25) is 0 Å². The number of rotatable bonds is 3. The van der Waals surface area contributed by atoms with Crippen molar-refractivity contribution in [1.29, 1.82) is 0 Å². The smallest absolute Gasteiger partial charge is 0.348 e. The molecule has 6 heteroatoms. The summed E-state index contributed by atoms with van der Waals surface area (Å²) >= 11 is 1.11. The molecule has 5 nitrogen and oxygen atoms in total. The molecule has 2 N–H and O–H groups in total. The van der Waals surface area contributed by atoms with Crippen LogP contribution in [0.3, 0.4) is 0 Å². The molecule has 1 atom stereocenters. The van der Waals surface area contributed by atoms with Crippen molar-refractivity contribution in [3.63, 3.8) is 0 Å². The zero-order chi connectivity index (χ0) is 12.4. The molecule has 1 aromatic rings. The number of aromatic carboxylic acids is 1. The lowest BCUT2D eigenvalue weighted by atomic mass is 10.2. The minimum atomic E-state index is -1.02. The van der Waals surface area contributed by atoms with E-state index in [2.05, 4.69) is 5.32 Å². The molecular formula is C11H13NO4S. The van der Waals surface area contributed by atoms with Gasteiger partial charge in [-0.3, -0.25) is 4.79 Å². The summed E-state index contributed by atoms with van der Waals surface area (Å²) in [7, 11) is 0. The Labute approximate surface area is 102 Å². The van der Waals surface area contributed by atoms with Crippen molar-refractivity contribution < 1.29 is 19.4 Å². The molecule has 1 amide bonds. The third kappa shape index (κ3) is 2.48. The summed E-state index contributed by atoms with van der Waals surface area (Å²) in [5, 5.41) is 13.3. The highest BCUT2D eigenvalue weighted by molar-refractivity contribution is 7.12. The Morgan fingerprint density at radius 1 is 1.59 bits per heavy atom. The Morgan fingerprint density at radius 3 is 2.94 bits per heavy atom. The van der Waals surface area contributed by atoms with Gasteiger partial charge in [0, 0.05) is 6.61 Å². The van der Waals surface area contributed by atoms with Crippen molar-refractivity contribution in [2.24, 2.45) is 0 Å². The van der Waals surface area contributed by atoms with Crippen LogP contribution in [0.5, 0.6) is 0 Å². The Hall–Kier alpha value is -1.40. The summed E-state index contributed by atoms with van der Waals surface area (Å²) in [6.07, 6.45) is 1.11. The number of anilines is 1. The number of hydrogen-bond donors (Lipinski definition) is 2. The number of carboxylic acids is 1. The maximum Gasteiger partial charge on any atom is 0.348 e. The van der Waals surface area contributed by atoms with Crippen LogP contribution in [0.4, 0.5) is 5.69 Å². The van der Waals surface area contributed by atoms with Crippen molar-refractivity contribution in [1.82, 2.24) is 0 Å². The zero-order valence-corrected chi connectivity index (χ0v) is 10.2. The van der Waals surface area contributed by atoms with Crippen molar-refractivity contribution in [3.8, 4) is 0 Å². The van der Waals surface area contributed by atoms with Gasteiger partial charge in [0.25, 0.3) is 5.91 Å². The molecule has 17 heavy (non-hydrogen) atoms. The Morgan fingerprint density at radius 2 is 2.35 bits per heavy atom. The number of amides is 1. The fourth-order valence-electron chi connectivity index (χ4n) is 1.75. The third-order valence-electron chi connectivity index (χ3n) is 2.64. The molecule has 0 aliphatic carbocycles. The molecule has 1 aromatic heterocycles. The van der Waals surface area contributed by atoms with Gasteiger partial charge in [-0.15, -0.1) is 11.3 Å². The van der Waals surface area contributed by atoms with Gasteiger partial charge in [-0.1, -0.05) is 0 Å². The molecule has 1 fully saturated rings. The standard InChI is InChI=1S/C11H13NO4S/c1-6-5-17-9(11(14)15)8(6)12-10(13)7-3-2-4-16-7/h5,7H,2-4H2,1H3,(H,12,13)(H,14,15)/t7-/m1/s1. The van der Waals surface area contributed by atoms with E-state index in [1.807, 2.05) is 0 Å². The number of carboxylic acid groups (broad SMARTS) is 1. The zero-order valence-electron chi connectivity index (χ0n) is 9.36. The quantitative estimate of drug-likeness (QED) is 0.864. The van der Waals surface area contributed by atoms with E-state index < -0.39 is 12.1 Å². The molecule has 0 bridgehead atoms. The fourth-order valence-corrected chi connectivity index (χ4v) is 2.59. The van der Waals surface area contributed by atoms with Gasteiger partial charge >= 0.3 is 5.97 Å². The molecular weight excluding hydrogens is 242 g/mol. The second-order valence-electron chi connectivity index (χ2n) is 3.92. The van der Waals surface area contributed by atoms with Gasteiger partial charge in [0.05, 0.1) is 5.69 Å². The molecule has 92 valence electrons. The minimum absolute atomic E-state index is 0.161. The first-order valence-corrected chi connectivity index (χ1v) is 6.21. The minimum Gasteiger partial charge on any atom is -0.477 e. The summed E-state index contributed by atoms with van der Waals surface area (Å²) in [6.45, 7) is 2.36. The average molecular weight is 255 g/mol. The van der Waals surface area contributed by atoms with E-state index in [0.29, 0.717) is 18.7 Å². The topological polar surface area (TPSA) is 75.6 Å². The summed E-state index contributed by atoms with van der Waals surface area (Å²) in [6, 6.07) is 0. The predicted molar refractivity (Wildman–Crippen MR) is 63.6 cm³/mol. The Balaban J connectivity index is 2.14. The van der Waals surface area contributed by atoms with E-state index in [-0.39, 0.29) is 10.8 Å². The van der Waals surface area contributed by atoms with Crippen molar-refractivity contribution >= 4 is 28.9 Å². The van der Waals surface area contributed by atoms with Crippen LogP contribution in [-0.2, 0) is 9.53 Å². The lowest BCUT2D eigenvalue weighted by Crippen LogP contribution is -2.27. The van der Waals surface area contributed by atoms with Crippen LogP contribution in [0.1, 0.15) is 28.1 Å². The van der Waals surface area contributed by atoms with Crippen LogP contribution in [-0.4, -0.2) is 29.7 Å². The Bertz CT molecular complexity index is 448. The van der Waals surface area contributed by atoms with Crippen LogP contribution < -0.4 is 5.32 Å². The van der Waals surface area contributed by atoms with E-state index >= 15 is 0 Å². The highest BCUT2D eigenvalue weighted by Crippen LogP contribution is 2.28. The van der Waals surface area contributed by atoms with Gasteiger partial charge in [0.1, 0.15) is 11.0 Å². The number of aryl methyl sites for hydroxylation is 1. The number of thiophene rings is 1. The summed E-state index contributed by atoms with van der Waals surface area (Å²) in [5.41, 5.74) is 1.15. The van der Waals surface area contributed by atoms with E-state index in [1.165, 1.54) is 0 Å². The van der Waals surface area contributed by atoms with Crippen LogP contribution in [0.2, 0.25) is 0 Å². The number of carbonyl (C=O) groups excluding carboxylic acids is 1. The van der Waals surface area contributed by atoms with Crippen molar-refractivity contribution in [2.45, 2.75) is 25.9 Å². The molecule has 2 rings (SSSR count). The van der Waals surface area contributed by atoms with Crippen molar-refractivity contribution in [2.75, 3.05) is 11.9 Å². The van der Waals surface area contributed by atoms with Gasteiger partial charge in [-0.05, 0) is 30.7 Å². The molecule has 0 unspecified atom stereocenters. The first-order chi connectivity index (χ1) is 8.09. The van der Waals surface area contributed by atoms with E-state index in [9.17, 15) is 9.59 Å². The monoisotopic (exact) mass is 255 g/mol. The largest absolute Gasteiger partial charge is 0.477 e. The highest BCUT2D eigenvalue weighted by atomic mass is 32.1. The number of hydrogen-bond acceptors (Lipinski definition) is 4. The average Bonchev–Trinajstić information content (AvgIpc) is 2.89. The summed E-state index contributed by atoms with van der Waals surface area (Å²) < 4.78 is 5.25. The highest BCUT2D eigenvalue weighted by Gasteiger charge is 2.26. The van der Waals surface area contributed by atoms with Crippen molar-refractivity contribution in [3.05, 3.63) is 15.8 Å². The lowest BCUT2D eigenvalue weighted by molar-refractivity contribution is -0.124. The molecule has 0 spiro atoms. The summed E-state index contributed by atoms with van der Waals surface area (Å²) in [5.74, 6) is -1.28. The normalized spacial score (nSPS) is 19.2. The van der Waals surface area contributed by atoms with Crippen LogP contribution >= 0.6 is 11.3 Å². The fraction of sp³-hybridized carbons (Fsp3) is 0.455. The molecule has 2 heterocycles. The van der Waals surface area contributed by atoms with E-state index in [1.54, 1.807) is 12.3 Å². The molecule has 0 aromatic carbocycles. The molecule has 0 saturated carbocycles. The molecule has 1 aliphatic rings. The van der Waals surface area contributed by atoms with E-state index in [0.717, 1.165) is 23.3 Å². The maximum absolute atomic E-state index is 11.8. The SMILES string of the molecule is Cc1csc(C(=O)O)c1NC(=O)[C@H]1CCCO1. The Kier molecular flexibility index (Phi) is 3.44. The predicted octanol–water partition coefficient (Wildman–Crippen LogP) is 1.87. The van der Waals surface area contributed by atoms with Gasteiger partial charge in [-0.2, -0.15) is 0 Å². The first kappa shape index (κ1) is 12.1. The van der Waals surface area contributed by atoms with Crippen LogP contribution in [0.25, 0.3) is 0 Å². The van der Waals surface area contributed by atoms with Gasteiger partial charge in [-0.25, -0.2) is 4.79 Å². The van der Waals surface area contributed by atoms with Crippen LogP contribution in [0.15, 0.2) is 5.38 Å². The molecule has 1 saturated heterocycles. The summed E-state index contributed by atoms with van der Waals surface area (Å²) in [4.78, 5) is 22.9. The third-order valence-corrected chi connectivity index (χ3v) is 3.73. The second kappa shape index (κ2) is 4.85. The number of ether oxygens (including phenoxy) is 1. The van der Waals surface area contributed by atoms with E-state index in [4.69, 9.17) is 9.84 Å². The second-order valence-corrected chi connectivity index (χ2v) is 4.80. The molecule has 0 radical (unpaired) electrons. The van der Waals surface area contributed by atoms with Crippen LogP contribution in [0, 0.1) is 6.92 Å². The number of carbonyl (C=O) groups is 2. The lowest BCUT2D eigenvalue weighted by Gasteiger charge is -2.10. The number of nitrogens with one attached hydrogen (secondary N) is 1. The molecule has 1 aliphatic heterocycles. The van der Waals surface area contributed by atoms with Gasteiger partial charge in [0.15, 0.2) is 0 Å². The maximum atomic E-state index is 11.8. The first-order valence-electron chi connectivity index (χ1n) is 5.33.